The molecule has 7 amide bonds. The molecule has 124 heavy (non-hydrogen) atoms. The van der Waals surface area contributed by atoms with E-state index in [4.69, 9.17) is 61.4 Å². The van der Waals surface area contributed by atoms with Crippen LogP contribution in [0.5, 0.6) is 0 Å². The minimum Gasteiger partial charge on any atom is -0.394 e. The lowest BCUT2D eigenvalue weighted by molar-refractivity contribution is -0.284. The molecule has 5 saturated heterocycles. The molecule has 45 nitrogen and oxygen atoms in total. The maximum atomic E-state index is 14.9. The Labute approximate surface area is 720 Å². The molecule has 0 radical (unpaired) electrons. The van der Waals surface area contributed by atoms with Crippen LogP contribution < -0.4 is 31.9 Å². The van der Waals surface area contributed by atoms with Crippen molar-refractivity contribution in [3.05, 3.63) is 0 Å². The van der Waals surface area contributed by atoms with Crippen LogP contribution in [0.15, 0.2) is 0 Å². The third kappa shape index (κ3) is 35.7. The zero-order valence-corrected chi connectivity index (χ0v) is 72.6. The summed E-state index contributed by atoms with van der Waals surface area (Å²) in [7, 11) is -4.89. The lowest BCUT2D eigenvalue weighted by Gasteiger charge is -2.42. The van der Waals surface area contributed by atoms with Crippen molar-refractivity contribution in [2.24, 2.45) is 28.6 Å². The molecule has 0 aliphatic carbocycles. The molecular weight excluding hydrogens is 1670 g/mol. The van der Waals surface area contributed by atoms with Crippen LogP contribution in [0.3, 0.4) is 0 Å². The molecule has 0 aromatic rings. The molecule has 5 fully saturated rings. The minimum atomic E-state index is -4.89. The number of carbonyl (C=O) groups is 10. The van der Waals surface area contributed by atoms with E-state index >= 15 is 0 Å². The second kappa shape index (κ2) is 55.5. The van der Waals surface area contributed by atoms with E-state index < -0.39 is 252 Å². The Kier molecular flexibility index (Phi) is 48.7. The van der Waals surface area contributed by atoms with Gasteiger partial charge in [-0.3, -0.25) is 52.5 Å². The standard InChI is InChI=1S/C78H136N7O38P/c1-8-77(6)41-85(42-78(77,7)43-119-124(108,109)110)60(97)15-9-12-50(93)36-48(71(106)84-52(72(107)80-23-27-114-30-33-116-74-45(3)64(99)66(101)55(38-87)121-74)18-17-49(92)13-10-24-111-28-32-115-73-44(2)63(98)65(100)54(37-86)120-73)16-20-59(96)83-51(53(94)14-11-25-112-29-34-117-75-61(81-46(4)90)69(104)67(102)56(39-88)122-75)19-21-58(95)79-22-26-113-31-35-118-76-62(82-47(5)91)70(105)68(103)57(40-89)123-76/h44-45,48,51-52,54-57,61-70,73-76,86-89,98-105H,8-43H2,1-7H3,(H,79,95)(H,80,107)(H,81,90)(H,82,91)(H,83,96)(H,84,106)(H2,108,109,110)/t44-,45-,48-,51+,52+,54-,55-,56-,57-,61-,62-,63-,64-,65+,66+,67+,68+,69-,70-,73?,74?,75?,76?,77+,78+/m1/s1. The zero-order chi connectivity index (χ0) is 92.0. The number of carbonyl (C=O) groups excluding carboxylic acids is 10. The molecule has 5 aliphatic heterocycles. The van der Waals surface area contributed by atoms with Gasteiger partial charge in [0.15, 0.2) is 30.9 Å². The van der Waals surface area contributed by atoms with Crippen molar-refractivity contribution >= 4 is 66.5 Å². The van der Waals surface area contributed by atoms with Gasteiger partial charge in [0, 0.05) is 128 Å². The molecule has 25 atom stereocenters. The average molecular weight is 1810 g/mol. The summed E-state index contributed by atoms with van der Waals surface area (Å²) >= 11 is 0. The van der Waals surface area contributed by atoms with Crippen LogP contribution in [-0.4, -0.2) is 396 Å². The van der Waals surface area contributed by atoms with E-state index in [0.29, 0.717) is 6.42 Å². The largest absolute Gasteiger partial charge is 0.469 e. The van der Waals surface area contributed by atoms with Gasteiger partial charge < -0.3 is 165 Å². The summed E-state index contributed by atoms with van der Waals surface area (Å²) in [4.78, 5) is 157. The molecule has 5 aliphatic rings. The van der Waals surface area contributed by atoms with E-state index in [1.54, 1.807) is 20.8 Å². The highest BCUT2D eigenvalue weighted by atomic mass is 31.2. The number of nitrogens with one attached hydrogen (secondary N) is 6. The van der Waals surface area contributed by atoms with Crippen LogP contribution in [0, 0.1) is 28.6 Å². The van der Waals surface area contributed by atoms with E-state index in [0.717, 1.165) is 0 Å². The summed E-state index contributed by atoms with van der Waals surface area (Å²) in [6.45, 7) is 7.14. The fraction of sp³-hybridized carbons (Fsp3) is 0.872. The van der Waals surface area contributed by atoms with Crippen LogP contribution in [0.2, 0.25) is 0 Å². The van der Waals surface area contributed by atoms with Gasteiger partial charge in [-0.05, 0) is 50.4 Å². The van der Waals surface area contributed by atoms with Crippen molar-refractivity contribution in [1.29, 1.82) is 0 Å². The number of phosphoric acid groups is 1. The maximum Gasteiger partial charge on any atom is 0.469 e. The Balaban J connectivity index is 1.31. The van der Waals surface area contributed by atoms with Gasteiger partial charge in [-0.2, -0.15) is 0 Å². The summed E-state index contributed by atoms with van der Waals surface area (Å²) in [5.41, 5.74) is -1.53. The quantitative estimate of drug-likeness (QED) is 0.0199. The first-order valence-corrected chi connectivity index (χ1v) is 43.8. The van der Waals surface area contributed by atoms with Gasteiger partial charge in [0.05, 0.1) is 117 Å². The summed E-state index contributed by atoms with van der Waals surface area (Å²) in [6, 6.07) is -5.29. The number of ether oxygens (including phenoxy) is 12. The molecule has 716 valence electrons. The summed E-state index contributed by atoms with van der Waals surface area (Å²) in [5.74, 6) is -8.93. The van der Waals surface area contributed by atoms with E-state index in [1.807, 2.05) is 13.8 Å². The summed E-state index contributed by atoms with van der Waals surface area (Å²) in [5, 5.41) is 138. The fourth-order valence-corrected chi connectivity index (χ4v) is 15.3. The number of rotatable bonds is 60. The molecule has 0 spiro atoms. The fourth-order valence-electron chi connectivity index (χ4n) is 14.9. The Morgan fingerprint density at radius 2 is 0.871 bits per heavy atom. The molecule has 5 rings (SSSR count). The van der Waals surface area contributed by atoms with Gasteiger partial charge in [0.25, 0.3) is 0 Å². The van der Waals surface area contributed by atoms with Crippen molar-refractivity contribution in [3.63, 3.8) is 0 Å². The van der Waals surface area contributed by atoms with Crippen molar-refractivity contribution in [3.8, 4) is 0 Å². The third-order valence-corrected chi connectivity index (χ3v) is 23.3. The van der Waals surface area contributed by atoms with E-state index in [1.165, 1.54) is 18.7 Å². The second-order valence-electron chi connectivity index (χ2n) is 32.4. The number of Topliss-reactive ketones (excluding diaryl/α,β-unsaturated/α-hetero) is 3. The minimum absolute atomic E-state index is 0.0203. The van der Waals surface area contributed by atoms with Gasteiger partial charge in [0.2, 0.25) is 41.4 Å². The summed E-state index contributed by atoms with van der Waals surface area (Å²) in [6.07, 6.45) is -23.6. The topological polar surface area (TPSA) is 666 Å². The molecule has 0 saturated carbocycles. The number of ketones is 3. The second-order valence-corrected chi connectivity index (χ2v) is 33.6. The Bertz CT molecular complexity index is 3320. The average Bonchev–Trinajstić information content (AvgIpc) is 1.62. The number of amides is 7. The smallest absolute Gasteiger partial charge is 0.394 e. The van der Waals surface area contributed by atoms with Crippen LogP contribution in [0.25, 0.3) is 0 Å². The van der Waals surface area contributed by atoms with Crippen molar-refractivity contribution in [1.82, 2.24) is 36.8 Å². The molecule has 0 aromatic heterocycles. The maximum absolute atomic E-state index is 14.9. The number of aliphatic hydroxyl groups is 12. The van der Waals surface area contributed by atoms with Crippen LogP contribution >= 0.6 is 7.82 Å². The van der Waals surface area contributed by atoms with Crippen LogP contribution in [0.1, 0.15) is 145 Å². The summed E-state index contributed by atoms with van der Waals surface area (Å²) < 4.78 is 84.4. The van der Waals surface area contributed by atoms with Crippen molar-refractivity contribution in [2.75, 3.05) is 138 Å². The highest BCUT2D eigenvalue weighted by Crippen LogP contribution is 2.51. The van der Waals surface area contributed by atoms with Crippen molar-refractivity contribution in [2.45, 2.75) is 267 Å². The van der Waals surface area contributed by atoms with E-state index in [9.17, 15) is 124 Å². The van der Waals surface area contributed by atoms with Gasteiger partial charge in [-0.25, -0.2) is 4.57 Å². The molecule has 5 heterocycles. The van der Waals surface area contributed by atoms with Gasteiger partial charge in [-0.1, -0.05) is 34.6 Å². The molecule has 0 bridgehead atoms. The number of phosphoric ester groups is 1. The number of hydrogen-bond acceptors (Lipinski definition) is 36. The molecule has 46 heteroatoms. The first kappa shape index (κ1) is 109. The van der Waals surface area contributed by atoms with E-state index in [2.05, 4.69) is 31.9 Å². The lowest BCUT2D eigenvalue weighted by atomic mass is 9.67. The van der Waals surface area contributed by atoms with Crippen LogP contribution in [0.4, 0.5) is 0 Å². The van der Waals surface area contributed by atoms with Gasteiger partial charge in [0.1, 0.15) is 90.7 Å². The normalized spacial score (nSPS) is 30.3. The molecule has 4 unspecified atom stereocenters. The Hall–Kier alpha value is -5.55. The molecule has 0 aromatic carbocycles. The van der Waals surface area contributed by atoms with Crippen LogP contribution in [-0.2, 0) is 114 Å². The number of hydrogen-bond donors (Lipinski definition) is 20. The predicted octanol–water partition coefficient (Wildman–Crippen LogP) is -6.48. The van der Waals surface area contributed by atoms with Gasteiger partial charge >= 0.3 is 7.82 Å². The predicted molar refractivity (Wildman–Crippen MR) is 426 cm³/mol. The number of nitrogens with zero attached hydrogens (tertiary/aromatic N) is 1. The first-order valence-electron chi connectivity index (χ1n) is 42.3. The highest BCUT2D eigenvalue weighted by molar-refractivity contribution is 7.46. The molecular formula is C78H136N7O38P. The zero-order valence-electron chi connectivity index (χ0n) is 71.7. The van der Waals surface area contributed by atoms with E-state index in [-0.39, 0.29) is 194 Å². The lowest BCUT2D eigenvalue weighted by Crippen LogP contribution is -2.64. The third-order valence-electron chi connectivity index (χ3n) is 22.8. The molecule has 20 N–H and O–H groups in total. The SMILES string of the molecule is CC[C@@]1(C)CN(C(=O)CCCC(=O)C[C@@H](CCC(=O)N[C@@H](CCC(=O)NCCOCCOC2O[C@H](CO)[C@H](O)[C@H](O)[C@H]2NC(C)=O)C(=O)CCCOCCOC2O[C@H](CO)[C@H](O)[C@H](O)[C@H]2NC(C)=O)C(=O)N[C@@H](CCC(=O)CCCOCCOC2O[C@H](CO)[C@H](O)[C@H](O)[C@H]2C)C(=O)NCCOCCOC2O[C@H](CO)[C@H](O)[C@H](O)[C@H]2C)C[C@@]1(C)COP(=O)(O)O. The van der Waals surface area contributed by atoms with Crippen molar-refractivity contribution < 1.29 is 185 Å². The Morgan fingerprint density at radius 1 is 0.452 bits per heavy atom. The monoisotopic (exact) mass is 1810 g/mol. The van der Waals surface area contributed by atoms with Gasteiger partial charge in [-0.15, -0.1) is 0 Å². The first-order chi connectivity index (χ1) is 58.8. The number of likely N-dealkylation sites (tertiary alicyclic amines) is 1. The number of aliphatic hydroxyl groups excluding tert-OH is 12. The highest BCUT2D eigenvalue weighted by Gasteiger charge is 2.54. The Morgan fingerprint density at radius 3 is 1.34 bits per heavy atom.